The third kappa shape index (κ3) is 3.75. The van der Waals surface area contributed by atoms with Crippen LogP contribution in [0.2, 0.25) is 5.02 Å². The summed E-state index contributed by atoms with van der Waals surface area (Å²) in [6, 6.07) is 6.44. The van der Waals surface area contributed by atoms with E-state index in [4.69, 9.17) is 16.9 Å². The molecule has 0 aliphatic rings. The van der Waals surface area contributed by atoms with Crippen molar-refractivity contribution in [1.29, 1.82) is 5.26 Å². The number of ether oxygens (including phenoxy) is 1. The lowest BCUT2D eigenvalue weighted by atomic mass is 10.1. The number of carbonyl (C=O) groups is 1. The fourth-order valence-electron chi connectivity index (χ4n) is 2.57. The van der Waals surface area contributed by atoms with Crippen molar-refractivity contribution in [1.82, 2.24) is 4.57 Å². The second kappa shape index (κ2) is 7.26. The molecule has 0 aliphatic heterocycles. The van der Waals surface area contributed by atoms with Crippen LogP contribution in [0.1, 0.15) is 22.5 Å². The fourth-order valence-corrected chi connectivity index (χ4v) is 2.77. The summed E-state index contributed by atoms with van der Waals surface area (Å²) in [6.45, 7) is 3.34. The Balaban J connectivity index is 2.65. The zero-order valence-electron chi connectivity index (χ0n) is 14.1. The Kier molecular flexibility index (Phi) is 5.47. The van der Waals surface area contributed by atoms with Gasteiger partial charge in [-0.25, -0.2) is 4.79 Å². The number of esters is 1. The van der Waals surface area contributed by atoms with Crippen LogP contribution in [0.4, 0.5) is 13.2 Å². The Morgan fingerprint density at radius 1 is 1.31 bits per heavy atom. The van der Waals surface area contributed by atoms with Crippen LogP contribution in [-0.2, 0) is 15.7 Å². The highest BCUT2D eigenvalue weighted by Gasteiger charge is 2.31. The number of rotatable bonds is 3. The van der Waals surface area contributed by atoms with Gasteiger partial charge in [0.1, 0.15) is 11.6 Å². The first-order valence-electron chi connectivity index (χ1n) is 7.36. The van der Waals surface area contributed by atoms with Crippen molar-refractivity contribution in [2.24, 2.45) is 0 Å². The van der Waals surface area contributed by atoms with Crippen molar-refractivity contribution in [3.63, 3.8) is 0 Å². The van der Waals surface area contributed by atoms with Crippen LogP contribution in [0.25, 0.3) is 11.8 Å². The van der Waals surface area contributed by atoms with Gasteiger partial charge in [-0.2, -0.15) is 18.4 Å². The quantitative estimate of drug-likeness (QED) is 0.433. The minimum absolute atomic E-state index is 0.142. The van der Waals surface area contributed by atoms with E-state index in [0.717, 1.165) is 19.2 Å². The van der Waals surface area contributed by atoms with Gasteiger partial charge in [-0.1, -0.05) is 11.6 Å². The van der Waals surface area contributed by atoms with Crippen LogP contribution < -0.4 is 0 Å². The zero-order chi connectivity index (χ0) is 19.6. The summed E-state index contributed by atoms with van der Waals surface area (Å²) in [6.07, 6.45) is -3.18. The summed E-state index contributed by atoms with van der Waals surface area (Å²) in [5, 5.41) is 9.21. The normalized spacial score (nSPS) is 12.0. The molecule has 1 aromatic carbocycles. The Hall–Kier alpha value is -2.72. The predicted octanol–water partition coefficient (Wildman–Crippen LogP) is 4.85. The monoisotopic (exact) mass is 382 g/mol. The molecule has 2 rings (SSSR count). The average Bonchev–Trinajstić information content (AvgIpc) is 2.85. The number of aromatic nitrogens is 1. The van der Waals surface area contributed by atoms with Gasteiger partial charge in [0, 0.05) is 11.4 Å². The highest BCUT2D eigenvalue weighted by Crippen LogP contribution is 2.35. The minimum atomic E-state index is -4.50. The summed E-state index contributed by atoms with van der Waals surface area (Å²) in [5.41, 5.74) is 0.736. The standard InChI is InChI=1S/C18H14ClF3N2O2/c1-10-6-12(7-13(9-23)17(25)26-3)11(2)24(10)16-8-14(18(20,21)22)4-5-15(16)19/h4-8H,1-3H3. The van der Waals surface area contributed by atoms with Crippen LogP contribution >= 0.6 is 11.6 Å². The van der Waals surface area contributed by atoms with E-state index < -0.39 is 17.7 Å². The van der Waals surface area contributed by atoms with Gasteiger partial charge in [-0.05, 0) is 49.8 Å². The third-order valence-corrected chi connectivity index (χ3v) is 4.13. The number of nitrogens with zero attached hydrogens (tertiary/aromatic N) is 2. The predicted molar refractivity (Wildman–Crippen MR) is 90.9 cm³/mol. The molecule has 26 heavy (non-hydrogen) atoms. The molecule has 4 nitrogen and oxygen atoms in total. The lowest BCUT2D eigenvalue weighted by Gasteiger charge is -2.15. The largest absolute Gasteiger partial charge is 0.465 e. The van der Waals surface area contributed by atoms with Crippen molar-refractivity contribution in [3.8, 4) is 11.8 Å². The van der Waals surface area contributed by atoms with Gasteiger partial charge in [0.15, 0.2) is 0 Å². The van der Waals surface area contributed by atoms with Crippen molar-refractivity contribution in [2.75, 3.05) is 7.11 Å². The number of methoxy groups -OCH3 is 1. The van der Waals surface area contributed by atoms with Gasteiger partial charge in [-0.3, -0.25) is 0 Å². The first-order valence-corrected chi connectivity index (χ1v) is 7.74. The van der Waals surface area contributed by atoms with Crippen LogP contribution in [0, 0.1) is 25.2 Å². The number of hydrogen-bond acceptors (Lipinski definition) is 3. The van der Waals surface area contributed by atoms with E-state index >= 15 is 0 Å². The van der Waals surface area contributed by atoms with Gasteiger partial charge in [0.25, 0.3) is 0 Å². The molecule has 8 heteroatoms. The topological polar surface area (TPSA) is 55.0 Å². The Morgan fingerprint density at radius 2 is 1.96 bits per heavy atom. The van der Waals surface area contributed by atoms with E-state index in [0.29, 0.717) is 17.0 Å². The third-order valence-electron chi connectivity index (χ3n) is 3.81. The molecule has 0 amide bonds. The molecule has 1 aromatic heterocycles. The Labute approximate surface area is 153 Å². The highest BCUT2D eigenvalue weighted by molar-refractivity contribution is 6.32. The number of alkyl halides is 3. The number of benzene rings is 1. The van der Waals surface area contributed by atoms with E-state index in [1.807, 2.05) is 0 Å². The van der Waals surface area contributed by atoms with Crippen molar-refractivity contribution in [3.05, 3.63) is 57.4 Å². The first kappa shape index (κ1) is 19.6. The molecular weight excluding hydrogens is 369 g/mol. The smallest absolute Gasteiger partial charge is 0.416 e. The Bertz CT molecular complexity index is 937. The highest BCUT2D eigenvalue weighted by atomic mass is 35.5. The molecule has 0 unspecified atom stereocenters. The summed E-state index contributed by atoms with van der Waals surface area (Å²) in [5.74, 6) is -0.797. The molecule has 0 saturated carbocycles. The lowest BCUT2D eigenvalue weighted by Crippen LogP contribution is -2.08. The van der Waals surface area contributed by atoms with Crippen molar-refractivity contribution >= 4 is 23.6 Å². The first-order chi connectivity index (χ1) is 12.1. The van der Waals surface area contributed by atoms with Crippen LogP contribution in [0.3, 0.4) is 0 Å². The molecule has 2 aromatic rings. The summed E-state index contributed by atoms with van der Waals surface area (Å²) >= 11 is 6.11. The van der Waals surface area contributed by atoms with E-state index in [2.05, 4.69) is 4.74 Å². The number of halogens is 4. The number of hydrogen-bond donors (Lipinski definition) is 0. The maximum atomic E-state index is 13.0. The molecule has 0 atom stereocenters. The van der Waals surface area contributed by atoms with E-state index in [9.17, 15) is 18.0 Å². The summed E-state index contributed by atoms with van der Waals surface area (Å²) in [4.78, 5) is 11.6. The molecule has 0 bridgehead atoms. The van der Waals surface area contributed by atoms with Gasteiger partial charge >= 0.3 is 12.1 Å². The van der Waals surface area contributed by atoms with E-state index in [1.165, 1.54) is 16.7 Å². The minimum Gasteiger partial charge on any atom is -0.465 e. The number of carbonyl (C=O) groups excluding carboxylic acids is 1. The van der Waals surface area contributed by atoms with E-state index in [1.54, 1.807) is 26.0 Å². The molecule has 0 aliphatic carbocycles. The average molecular weight is 383 g/mol. The second-order valence-electron chi connectivity index (χ2n) is 5.49. The molecule has 0 saturated heterocycles. The SMILES string of the molecule is COC(=O)C(C#N)=Cc1cc(C)n(-c2cc(C(F)(F)F)ccc2Cl)c1C. The molecule has 0 fully saturated rings. The van der Waals surface area contributed by atoms with Gasteiger partial charge < -0.3 is 9.30 Å². The fraction of sp³-hybridized carbons (Fsp3) is 0.222. The van der Waals surface area contributed by atoms with Crippen LogP contribution in [-0.4, -0.2) is 17.6 Å². The maximum Gasteiger partial charge on any atom is 0.416 e. The number of aryl methyl sites for hydroxylation is 1. The lowest BCUT2D eigenvalue weighted by molar-refractivity contribution is -0.137. The van der Waals surface area contributed by atoms with Gasteiger partial charge in [0.05, 0.1) is 23.4 Å². The molecular formula is C18H14ClF3N2O2. The van der Waals surface area contributed by atoms with Crippen molar-refractivity contribution < 1.29 is 22.7 Å². The second-order valence-corrected chi connectivity index (χ2v) is 5.89. The maximum absolute atomic E-state index is 13.0. The molecule has 136 valence electrons. The van der Waals surface area contributed by atoms with E-state index in [-0.39, 0.29) is 16.3 Å². The van der Waals surface area contributed by atoms with Gasteiger partial charge in [0.2, 0.25) is 0 Å². The van der Waals surface area contributed by atoms with Gasteiger partial charge in [-0.15, -0.1) is 0 Å². The van der Waals surface area contributed by atoms with Crippen LogP contribution in [0.5, 0.6) is 0 Å². The molecule has 0 radical (unpaired) electrons. The Morgan fingerprint density at radius 3 is 2.50 bits per heavy atom. The number of nitriles is 1. The molecule has 1 heterocycles. The summed E-state index contributed by atoms with van der Waals surface area (Å²) in [7, 11) is 1.15. The molecule has 0 N–H and O–H groups in total. The van der Waals surface area contributed by atoms with Crippen LogP contribution in [0.15, 0.2) is 29.8 Å². The molecule has 0 spiro atoms. The zero-order valence-corrected chi connectivity index (χ0v) is 14.9. The van der Waals surface area contributed by atoms with Crippen molar-refractivity contribution in [2.45, 2.75) is 20.0 Å². The summed E-state index contributed by atoms with van der Waals surface area (Å²) < 4.78 is 45.1.